The Labute approximate surface area is 150 Å². The number of carbonyl (C=O) groups excluding carboxylic acids is 1. The first-order valence-electron chi connectivity index (χ1n) is 8.20. The number of nitrogens with one attached hydrogen (secondary N) is 2. The van der Waals surface area contributed by atoms with Crippen LogP contribution in [0.15, 0.2) is 48.5 Å². The Morgan fingerprint density at radius 1 is 1.16 bits per heavy atom. The van der Waals surface area contributed by atoms with Crippen LogP contribution in [0.3, 0.4) is 0 Å². The van der Waals surface area contributed by atoms with E-state index >= 15 is 0 Å². The van der Waals surface area contributed by atoms with Crippen molar-refractivity contribution in [2.75, 3.05) is 18.4 Å². The van der Waals surface area contributed by atoms with Crippen molar-refractivity contribution in [2.45, 2.75) is 18.9 Å². The highest BCUT2D eigenvalue weighted by atomic mass is 35.5. The van der Waals surface area contributed by atoms with Crippen LogP contribution in [0.2, 0.25) is 5.02 Å². The smallest absolute Gasteiger partial charge is 0.289 e. The lowest BCUT2D eigenvalue weighted by Gasteiger charge is -2.24. The molecule has 7 heteroatoms. The van der Waals surface area contributed by atoms with Crippen LogP contribution in [0.25, 0.3) is 0 Å². The second-order valence-corrected chi connectivity index (χ2v) is 6.53. The lowest BCUT2D eigenvalue weighted by molar-refractivity contribution is -0.909. The van der Waals surface area contributed by atoms with Crippen molar-refractivity contribution in [3.8, 4) is 0 Å². The van der Waals surface area contributed by atoms with E-state index in [9.17, 15) is 14.9 Å². The molecule has 0 unspecified atom stereocenters. The minimum atomic E-state index is -0.557. The molecule has 0 saturated carbocycles. The second-order valence-electron chi connectivity index (χ2n) is 6.12. The number of carbonyl (C=O) groups is 1. The molecule has 2 aromatic rings. The maximum absolute atomic E-state index is 12.9. The summed E-state index contributed by atoms with van der Waals surface area (Å²) in [5.74, 6) is -0.167. The Bertz CT molecular complexity index is 776. The van der Waals surface area contributed by atoms with Gasteiger partial charge in [-0.25, -0.2) is 0 Å². The molecule has 1 saturated heterocycles. The fourth-order valence-electron chi connectivity index (χ4n) is 3.28. The van der Waals surface area contributed by atoms with Crippen LogP contribution < -0.4 is 10.2 Å². The SMILES string of the molecule is O=C(Nc1ccc(Cl)c([N+](=O)[O-])c1)[C@@H](c1ccccc1)[NH+]1CCCC1. The Hall–Kier alpha value is -2.44. The van der Waals surface area contributed by atoms with Crippen LogP contribution in [0.1, 0.15) is 24.4 Å². The Kier molecular flexibility index (Phi) is 5.31. The molecule has 130 valence electrons. The summed E-state index contributed by atoms with van der Waals surface area (Å²) in [6.07, 6.45) is 2.19. The van der Waals surface area contributed by atoms with Crippen LogP contribution in [-0.2, 0) is 4.79 Å². The number of anilines is 1. The molecule has 0 aromatic heterocycles. The molecule has 0 aliphatic carbocycles. The second kappa shape index (κ2) is 7.63. The Morgan fingerprint density at radius 2 is 1.84 bits per heavy atom. The zero-order valence-electron chi connectivity index (χ0n) is 13.6. The summed E-state index contributed by atoms with van der Waals surface area (Å²) in [5, 5.41) is 13.9. The van der Waals surface area contributed by atoms with Gasteiger partial charge in [0, 0.05) is 30.2 Å². The van der Waals surface area contributed by atoms with Crippen LogP contribution in [-0.4, -0.2) is 23.9 Å². The Balaban J connectivity index is 1.86. The third-order valence-corrected chi connectivity index (χ3v) is 4.78. The summed E-state index contributed by atoms with van der Waals surface area (Å²) in [6.45, 7) is 1.88. The van der Waals surface area contributed by atoms with Gasteiger partial charge in [0.2, 0.25) is 0 Å². The molecule has 1 aliphatic heterocycles. The van der Waals surface area contributed by atoms with E-state index in [2.05, 4.69) is 5.32 Å². The van der Waals surface area contributed by atoms with Crippen molar-refractivity contribution in [3.05, 3.63) is 69.2 Å². The molecule has 1 heterocycles. The van der Waals surface area contributed by atoms with E-state index < -0.39 is 4.92 Å². The normalized spacial score (nSPS) is 15.7. The van der Waals surface area contributed by atoms with Gasteiger partial charge >= 0.3 is 0 Å². The minimum absolute atomic E-state index is 0.0489. The molecule has 6 nitrogen and oxygen atoms in total. The topological polar surface area (TPSA) is 76.7 Å². The average Bonchev–Trinajstić information content (AvgIpc) is 3.11. The number of benzene rings is 2. The fourth-order valence-corrected chi connectivity index (χ4v) is 3.47. The van der Waals surface area contributed by atoms with Gasteiger partial charge in [-0.3, -0.25) is 14.9 Å². The molecule has 0 spiro atoms. The molecule has 25 heavy (non-hydrogen) atoms. The maximum Gasteiger partial charge on any atom is 0.289 e. The summed E-state index contributed by atoms with van der Waals surface area (Å²) in [6, 6.07) is 13.6. The van der Waals surface area contributed by atoms with Crippen LogP contribution in [0, 0.1) is 10.1 Å². The maximum atomic E-state index is 12.9. The van der Waals surface area contributed by atoms with Crippen molar-refractivity contribution in [2.24, 2.45) is 0 Å². The number of nitrogens with zero attached hydrogens (tertiary/aromatic N) is 1. The molecule has 0 bridgehead atoms. The van der Waals surface area contributed by atoms with Crippen LogP contribution in [0.5, 0.6) is 0 Å². The van der Waals surface area contributed by atoms with Gasteiger partial charge in [0.05, 0.1) is 18.0 Å². The molecule has 1 amide bonds. The van der Waals surface area contributed by atoms with E-state index in [-0.39, 0.29) is 22.7 Å². The van der Waals surface area contributed by atoms with Gasteiger partial charge in [0.15, 0.2) is 6.04 Å². The molecule has 1 fully saturated rings. The number of likely N-dealkylation sites (tertiary alicyclic amines) is 1. The largest absolute Gasteiger partial charge is 0.321 e. The predicted molar refractivity (Wildman–Crippen MR) is 95.8 cm³/mol. The number of amides is 1. The summed E-state index contributed by atoms with van der Waals surface area (Å²) < 4.78 is 0. The standard InChI is InChI=1S/C18H18ClN3O3/c19-15-9-8-14(12-16(15)22(24)25)20-18(23)17(21-10-4-5-11-21)13-6-2-1-3-7-13/h1-3,6-9,12,17H,4-5,10-11H2,(H,20,23)/p+1/t17-/m1/s1. The minimum Gasteiger partial charge on any atom is -0.321 e. The molecular weight excluding hydrogens is 342 g/mol. The van der Waals surface area contributed by atoms with Gasteiger partial charge in [-0.1, -0.05) is 41.9 Å². The molecule has 1 atom stereocenters. The zero-order valence-corrected chi connectivity index (χ0v) is 14.3. The van der Waals surface area contributed by atoms with Gasteiger partial charge < -0.3 is 10.2 Å². The molecule has 2 N–H and O–H groups in total. The van der Waals surface area contributed by atoms with Crippen molar-refractivity contribution >= 4 is 28.9 Å². The van der Waals surface area contributed by atoms with E-state index in [0.29, 0.717) is 5.69 Å². The van der Waals surface area contributed by atoms with Gasteiger partial charge in [-0.2, -0.15) is 0 Å². The first-order valence-corrected chi connectivity index (χ1v) is 8.58. The average molecular weight is 361 g/mol. The quantitative estimate of drug-likeness (QED) is 0.635. The number of nitro groups is 1. The van der Waals surface area contributed by atoms with E-state index in [0.717, 1.165) is 31.5 Å². The summed E-state index contributed by atoms with van der Waals surface area (Å²) >= 11 is 5.83. The van der Waals surface area contributed by atoms with E-state index in [1.165, 1.54) is 17.0 Å². The van der Waals surface area contributed by atoms with Crippen LogP contribution >= 0.6 is 11.6 Å². The number of nitro benzene ring substituents is 1. The number of rotatable bonds is 5. The predicted octanol–water partition coefficient (Wildman–Crippen LogP) is 2.61. The highest BCUT2D eigenvalue weighted by Crippen LogP contribution is 2.27. The highest BCUT2D eigenvalue weighted by molar-refractivity contribution is 6.32. The highest BCUT2D eigenvalue weighted by Gasteiger charge is 2.33. The number of halogens is 1. The lowest BCUT2D eigenvalue weighted by Crippen LogP contribution is -3.11. The first-order chi connectivity index (χ1) is 12.1. The van der Waals surface area contributed by atoms with Gasteiger partial charge in [-0.05, 0) is 12.1 Å². The third-order valence-electron chi connectivity index (χ3n) is 4.46. The van der Waals surface area contributed by atoms with E-state index in [4.69, 9.17) is 11.6 Å². The lowest BCUT2D eigenvalue weighted by atomic mass is 10.0. The fraction of sp³-hybridized carbons (Fsp3) is 0.278. The van der Waals surface area contributed by atoms with Crippen LogP contribution in [0.4, 0.5) is 11.4 Å². The van der Waals surface area contributed by atoms with Gasteiger partial charge in [0.1, 0.15) is 5.02 Å². The number of hydrogen-bond acceptors (Lipinski definition) is 3. The van der Waals surface area contributed by atoms with Crippen molar-refractivity contribution in [3.63, 3.8) is 0 Å². The molecule has 1 aliphatic rings. The molecular formula is C18H19ClN3O3+. The van der Waals surface area contributed by atoms with Crippen molar-refractivity contribution in [1.29, 1.82) is 0 Å². The van der Waals surface area contributed by atoms with E-state index in [1.54, 1.807) is 6.07 Å². The number of quaternary nitrogens is 1. The van der Waals surface area contributed by atoms with Gasteiger partial charge in [0.25, 0.3) is 11.6 Å². The summed E-state index contributed by atoms with van der Waals surface area (Å²) in [5.41, 5.74) is 1.10. The Morgan fingerprint density at radius 3 is 2.48 bits per heavy atom. The summed E-state index contributed by atoms with van der Waals surface area (Å²) in [7, 11) is 0. The van der Waals surface area contributed by atoms with E-state index in [1.807, 2.05) is 30.3 Å². The first kappa shape index (κ1) is 17.4. The molecule has 2 aromatic carbocycles. The number of hydrogen-bond donors (Lipinski definition) is 2. The molecule has 0 radical (unpaired) electrons. The molecule has 3 rings (SSSR count). The zero-order chi connectivity index (χ0) is 17.8. The van der Waals surface area contributed by atoms with Gasteiger partial charge in [-0.15, -0.1) is 0 Å². The van der Waals surface area contributed by atoms with Crippen molar-refractivity contribution < 1.29 is 14.6 Å². The monoisotopic (exact) mass is 360 g/mol. The summed E-state index contributed by atoms with van der Waals surface area (Å²) in [4.78, 5) is 24.6. The third kappa shape index (κ3) is 3.97. The van der Waals surface area contributed by atoms with Crippen molar-refractivity contribution in [1.82, 2.24) is 0 Å².